The van der Waals surface area contributed by atoms with Gasteiger partial charge in [0.2, 0.25) is 5.91 Å². The number of fused-ring (bicyclic) bond motifs is 1. The molecule has 0 spiro atoms. The van der Waals surface area contributed by atoms with Crippen LogP contribution in [-0.4, -0.2) is 51.6 Å². The summed E-state index contributed by atoms with van der Waals surface area (Å²) in [6.07, 6.45) is 0.911. The fourth-order valence-corrected chi connectivity index (χ4v) is 4.37. The van der Waals surface area contributed by atoms with Crippen LogP contribution in [0, 0.1) is 0 Å². The molecule has 0 radical (unpaired) electrons. The Labute approximate surface area is 174 Å². The summed E-state index contributed by atoms with van der Waals surface area (Å²) in [6, 6.07) is 18.3. The summed E-state index contributed by atoms with van der Waals surface area (Å²) in [7, 11) is 1.68. The molecule has 150 valence electrons. The Bertz CT molecular complexity index is 974. The Hall–Kier alpha value is -2.64. The Morgan fingerprint density at radius 1 is 1.07 bits per heavy atom. The summed E-state index contributed by atoms with van der Waals surface area (Å²) >= 11 is 1.44. The molecule has 1 aliphatic rings. The number of thioether (sulfide) groups is 1. The van der Waals surface area contributed by atoms with Crippen LogP contribution in [0.1, 0.15) is 11.1 Å². The quantitative estimate of drug-likeness (QED) is 0.562. The second-order valence-electron chi connectivity index (χ2n) is 6.94. The lowest BCUT2D eigenvalue weighted by Crippen LogP contribution is -2.37. The number of hydrogen-bond donors (Lipinski definition) is 0. The minimum atomic E-state index is 0.132. The van der Waals surface area contributed by atoms with Gasteiger partial charge in [0.25, 0.3) is 0 Å². The van der Waals surface area contributed by atoms with Crippen LogP contribution in [0.5, 0.6) is 0 Å². The number of hydrogen-bond acceptors (Lipinski definition) is 5. The smallest absolute Gasteiger partial charge is 0.233 e. The molecule has 2 heterocycles. The van der Waals surface area contributed by atoms with E-state index in [9.17, 15) is 4.79 Å². The van der Waals surface area contributed by atoms with E-state index in [1.165, 1.54) is 22.9 Å². The van der Waals surface area contributed by atoms with Gasteiger partial charge in [-0.15, -0.1) is 10.2 Å². The van der Waals surface area contributed by atoms with Crippen LogP contribution >= 0.6 is 11.8 Å². The zero-order valence-electron chi connectivity index (χ0n) is 16.5. The van der Waals surface area contributed by atoms with Crippen LogP contribution in [0.4, 0.5) is 0 Å². The first-order chi connectivity index (χ1) is 14.3. The Morgan fingerprint density at radius 2 is 1.83 bits per heavy atom. The SMILES string of the molecule is COCCn1c(SCC(=O)N2CCc3ccccc3C2)nnc1-c1ccccc1. The average molecular weight is 409 g/mol. The first-order valence-corrected chi connectivity index (χ1v) is 10.7. The molecular weight excluding hydrogens is 384 g/mol. The molecular formula is C22H24N4O2S. The summed E-state index contributed by atoms with van der Waals surface area (Å²) in [6.45, 7) is 2.65. The Morgan fingerprint density at radius 3 is 2.62 bits per heavy atom. The van der Waals surface area contributed by atoms with Crippen LogP contribution in [0.2, 0.25) is 0 Å². The molecule has 0 unspecified atom stereocenters. The normalized spacial score (nSPS) is 13.3. The average Bonchev–Trinajstić information content (AvgIpc) is 3.19. The monoisotopic (exact) mass is 408 g/mol. The minimum absolute atomic E-state index is 0.132. The first kappa shape index (κ1) is 19.7. The van der Waals surface area contributed by atoms with Gasteiger partial charge in [0, 0.05) is 25.8 Å². The Kier molecular flexibility index (Phi) is 6.27. The molecule has 0 atom stereocenters. The van der Waals surface area contributed by atoms with Crippen LogP contribution in [-0.2, 0) is 29.0 Å². The summed E-state index contributed by atoms with van der Waals surface area (Å²) < 4.78 is 7.28. The highest BCUT2D eigenvalue weighted by molar-refractivity contribution is 7.99. The number of benzene rings is 2. The number of rotatable bonds is 7. The van der Waals surface area contributed by atoms with Crippen molar-refractivity contribution in [1.82, 2.24) is 19.7 Å². The van der Waals surface area contributed by atoms with Crippen LogP contribution in [0.3, 0.4) is 0 Å². The van der Waals surface area contributed by atoms with Gasteiger partial charge in [0.15, 0.2) is 11.0 Å². The number of carbonyl (C=O) groups is 1. The van der Waals surface area contributed by atoms with Crippen molar-refractivity contribution in [1.29, 1.82) is 0 Å². The van der Waals surface area contributed by atoms with Crippen LogP contribution in [0.25, 0.3) is 11.4 Å². The summed E-state index contributed by atoms with van der Waals surface area (Å²) in [5.74, 6) is 1.28. The molecule has 1 aliphatic heterocycles. The van der Waals surface area contributed by atoms with E-state index < -0.39 is 0 Å². The summed E-state index contributed by atoms with van der Waals surface area (Å²) in [5, 5.41) is 9.46. The van der Waals surface area contributed by atoms with E-state index >= 15 is 0 Å². The summed E-state index contributed by atoms with van der Waals surface area (Å²) in [5.41, 5.74) is 3.59. The molecule has 0 N–H and O–H groups in total. The van der Waals surface area contributed by atoms with Crippen molar-refractivity contribution in [3.63, 3.8) is 0 Å². The predicted molar refractivity (Wildman–Crippen MR) is 114 cm³/mol. The van der Waals surface area contributed by atoms with Crippen molar-refractivity contribution in [2.75, 3.05) is 26.0 Å². The molecule has 0 fully saturated rings. The van der Waals surface area contributed by atoms with E-state index in [1.807, 2.05) is 45.9 Å². The van der Waals surface area contributed by atoms with Gasteiger partial charge in [-0.3, -0.25) is 9.36 Å². The van der Waals surface area contributed by atoms with Gasteiger partial charge in [-0.05, 0) is 17.5 Å². The zero-order chi connectivity index (χ0) is 20.1. The lowest BCUT2D eigenvalue weighted by atomic mass is 10.00. The third-order valence-electron chi connectivity index (χ3n) is 5.08. The number of amides is 1. The second-order valence-corrected chi connectivity index (χ2v) is 7.88. The largest absolute Gasteiger partial charge is 0.383 e. The lowest BCUT2D eigenvalue weighted by Gasteiger charge is -2.28. The minimum Gasteiger partial charge on any atom is -0.383 e. The van der Waals surface area contributed by atoms with E-state index in [0.29, 0.717) is 25.4 Å². The van der Waals surface area contributed by atoms with Crippen molar-refractivity contribution in [2.24, 2.45) is 0 Å². The maximum Gasteiger partial charge on any atom is 0.233 e. The highest BCUT2D eigenvalue weighted by Gasteiger charge is 2.22. The number of methoxy groups -OCH3 is 1. The number of ether oxygens (including phenoxy) is 1. The Balaban J connectivity index is 1.45. The lowest BCUT2D eigenvalue weighted by molar-refractivity contribution is -0.129. The van der Waals surface area contributed by atoms with Crippen molar-refractivity contribution in [3.05, 3.63) is 65.7 Å². The molecule has 0 aliphatic carbocycles. The zero-order valence-corrected chi connectivity index (χ0v) is 17.3. The number of aromatic nitrogens is 3. The highest BCUT2D eigenvalue weighted by atomic mass is 32.2. The molecule has 0 bridgehead atoms. The molecule has 7 heteroatoms. The van der Waals surface area contributed by atoms with E-state index in [2.05, 4.69) is 28.4 Å². The standard InChI is InChI=1S/C22H24N4O2S/c1-28-14-13-26-21(18-8-3-2-4-9-18)23-24-22(26)29-16-20(27)25-12-11-17-7-5-6-10-19(17)15-25/h2-10H,11-16H2,1H3. The van der Waals surface area contributed by atoms with Gasteiger partial charge < -0.3 is 9.64 Å². The molecule has 4 rings (SSSR count). The molecule has 1 amide bonds. The molecule has 0 saturated carbocycles. The van der Waals surface area contributed by atoms with Gasteiger partial charge in [-0.2, -0.15) is 0 Å². The van der Waals surface area contributed by atoms with Gasteiger partial charge in [0.1, 0.15) is 0 Å². The molecule has 2 aromatic carbocycles. The molecule has 6 nitrogen and oxygen atoms in total. The van der Waals surface area contributed by atoms with Gasteiger partial charge in [0.05, 0.1) is 18.9 Å². The van der Waals surface area contributed by atoms with Crippen LogP contribution < -0.4 is 0 Å². The van der Waals surface area contributed by atoms with Crippen molar-refractivity contribution >= 4 is 17.7 Å². The third-order valence-corrected chi connectivity index (χ3v) is 6.03. The van der Waals surface area contributed by atoms with Crippen molar-refractivity contribution < 1.29 is 9.53 Å². The molecule has 1 aromatic heterocycles. The van der Waals surface area contributed by atoms with Gasteiger partial charge >= 0.3 is 0 Å². The predicted octanol–water partition coefficient (Wildman–Crippen LogP) is 3.27. The highest BCUT2D eigenvalue weighted by Crippen LogP contribution is 2.25. The van der Waals surface area contributed by atoms with E-state index in [1.54, 1.807) is 7.11 Å². The van der Waals surface area contributed by atoms with Crippen molar-refractivity contribution in [3.8, 4) is 11.4 Å². The molecule has 3 aromatic rings. The fourth-order valence-electron chi connectivity index (χ4n) is 3.51. The molecule has 29 heavy (non-hydrogen) atoms. The van der Waals surface area contributed by atoms with Gasteiger partial charge in [-0.25, -0.2) is 0 Å². The van der Waals surface area contributed by atoms with E-state index in [-0.39, 0.29) is 5.91 Å². The third kappa shape index (κ3) is 4.52. The van der Waals surface area contributed by atoms with Crippen molar-refractivity contribution in [2.45, 2.75) is 24.7 Å². The number of nitrogens with zero attached hydrogens (tertiary/aromatic N) is 4. The maximum atomic E-state index is 12.8. The fraction of sp³-hybridized carbons (Fsp3) is 0.318. The maximum absolute atomic E-state index is 12.8. The van der Waals surface area contributed by atoms with Gasteiger partial charge in [-0.1, -0.05) is 66.4 Å². The first-order valence-electron chi connectivity index (χ1n) is 9.71. The number of carbonyl (C=O) groups excluding carboxylic acids is 1. The molecule has 0 saturated heterocycles. The van der Waals surface area contributed by atoms with Crippen LogP contribution in [0.15, 0.2) is 59.8 Å². The topological polar surface area (TPSA) is 60.2 Å². The van der Waals surface area contributed by atoms with E-state index in [0.717, 1.165) is 29.5 Å². The second kappa shape index (κ2) is 9.24. The summed E-state index contributed by atoms with van der Waals surface area (Å²) in [4.78, 5) is 14.7. The van der Waals surface area contributed by atoms with E-state index in [4.69, 9.17) is 4.74 Å².